The van der Waals surface area contributed by atoms with Crippen LogP contribution in [-0.2, 0) is 0 Å². The van der Waals surface area contributed by atoms with Gasteiger partial charge in [0.15, 0.2) is 0 Å². The van der Waals surface area contributed by atoms with E-state index < -0.39 is 0 Å². The van der Waals surface area contributed by atoms with E-state index >= 15 is 0 Å². The lowest BCUT2D eigenvalue weighted by atomic mass is 10.0. The van der Waals surface area contributed by atoms with Gasteiger partial charge in [0.1, 0.15) is 5.76 Å². The van der Waals surface area contributed by atoms with Crippen LogP contribution in [0.3, 0.4) is 0 Å². The number of nitrogens with one attached hydrogen (secondary N) is 1. The van der Waals surface area contributed by atoms with Gasteiger partial charge in [0.2, 0.25) is 0 Å². The lowest BCUT2D eigenvalue weighted by Gasteiger charge is -2.29. The van der Waals surface area contributed by atoms with Crippen molar-refractivity contribution < 1.29 is 9.21 Å². The monoisotopic (exact) mass is 308 g/mol. The van der Waals surface area contributed by atoms with Gasteiger partial charge in [-0.2, -0.15) is 11.8 Å². The maximum absolute atomic E-state index is 12.6. The average molecular weight is 308 g/mol. The number of urea groups is 1. The standard InChI is InChI=1S/C16H24N2O2S/c1-12(15-3-2-8-20-15)18(14-4-5-14)16(19)17-11-13-6-9-21-10-7-13/h2-3,8,12-14H,4-7,9-11H2,1H3,(H,17,19). The van der Waals surface area contributed by atoms with Gasteiger partial charge in [0.05, 0.1) is 12.3 Å². The molecule has 2 aliphatic rings. The molecular weight excluding hydrogens is 284 g/mol. The number of carbonyl (C=O) groups excluding carboxylic acids is 1. The molecule has 0 radical (unpaired) electrons. The van der Waals surface area contributed by atoms with Gasteiger partial charge in [0, 0.05) is 12.6 Å². The highest BCUT2D eigenvalue weighted by atomic mass is 32.2. The van der Waals surface area contributed by atoms with Crippen LogP contribution < -0.4 is 5.32 Å². The lowest BCUT2D eigenvalue weighted by Crippen LogP contribution is -2.44. The first-order chi connectivity index (χ1) is 10.3. The molecule has 0 aromatic carbocycles. The van der Waals surface area contributed by atoms with Gasteiger partial charge in [-0.05, 0) is 62.2 Å². The number of thioether (sulfide) groups is 1. The van der Waals surface area contributed by atoms with Crippen LogP contribution in [0.1, 0.15) is 44.4 Å². The summed E-state index contributed by atoms with van der Waals surface area (Å²) in [6, 6.07) is 4.29. The van der Waals surface area contributed by atoms with E-state index in [0.717, 1.165) is 25.1 Å². The Bertz CT molecular complexity index is 453. The molecule has 1 aromatic rings. The summed E-state index contributed by atoms with van der Waals surface area (Å²) in [5.41, 5.74) is 0. The zero-order valence-corrected chi connectivity index (χ0v) is 13.4. The first-order valence-corrected chi connectivity index (χ1v) is 9.08. The summed E-state index contributed by atoms with van der Waals surface area (Å²) in [5.74, 6) is 3.98. The Labute approximate surface area is 130 Å². The summed E-state index contributed by atoms with van der Waals surface area (Å²) in [5, 5.41) is 3.15. The van der Waals surface area contributed by atoms with E-state index in [9.17, 15) is 4.79 Å². The molecule has 1 aliphatic heterocycles. The molecule has 1 unspecified atom stereocenters. The van der Waals surface area contributed by atoms with E-state index in [1.807, 2.05) is 35.7 Å². The van der Waals surface area contributed by atoms with Gasteiger partial charge in [-0.1, -0.05) is 0 Å². The summed E-state index contributed by atoms with van der Waals surface area (Å²) in [6.45, 7) is 2.86. The van der Waals surface area contributed by atoms with E-state index in [1.54, 1.807) is 6.26 Å². The quantitative estimate of drug-likeness (QED) is 0.903. The van der Waals surface area contributed by atoms with Gasteiger partial charge in [-0.25, -0.2) is 4.79 Å². The number of hydrogen-bond donors (Lipinski definition) is 1. The fourth-order valence-corrected chi connectivity index (χ4v) is 4.15. The maximum atomic E-state index is 12.6. The van der Waals surface area contributed by atoms with Crippen molar-refractivity contribution in [3.05, 3.63) is 24.2 Å². The highest BCUT2D eigenvalue weighted by molar-refractivity contribution is 7.99. The molecule has 2 fully saturated rings. The smallest absolute Gasteiger partial charge is 0.318 e. The minimum Gasteiger partial charge on any atom is -0.467 e. The second-order valence-corrected chi connectivity index (χ2v) is 7.30. The third-order valence-electron chi connectivity index (χ3n) is 4.43. The predicted molar refractivity (Wildman–Crippen MR) is 85.4 cm³/mol. The minimum absolute atomic E-state index is 0.00871. The van der Waals surface area contributed by atoms with Crippen molar-refractivity contribution in [3.63, 3.8) is 0 Å². The second kappa shape index (κ2) is 6.77. The molecule has 2 heterocycles. The van der Waals surface area contributed by atoms with E-state index in [2.05, 4.69) is 5.32 Å². The molecule has 116 valence electrons. The highest BCUT2D eigenvalue weighted by Gasteiger charge is 2.37. The molecule has 21 heavy (non-hydrogen) atoms. The Morgan fingerprint density at radius 3 is 2.81 bits per heavy atom. The van der Waals surface area contributed by atoms with E-state index in [0.29, 0.717) is 12.0 Å². The van der Waals surface area contributed by atoms with Crippen molar-refractivity contribution in [1.82, 2.24) is 10.2 Å². The Balaban J connectivity index is 1.57. The summed E-state index contributed by atoms with van der Waals surface area (Å²) < 4.78 is 5.47. The maximum Gasteiger partial charge on any atom is 0.318 e. The normalized spacial score (nSPS) is 21.0. The Morgan fingerprint density at radius 2 is 2.19 bits per heavy atom. The van der Waals surface area contributed by atoms with Crippen LogP contribution in [-0.4, -0.2) is 35.0 Å². The number of hydrogen-bond acceptors (Lipinski definition) is 3. The Hall–Kier alpha value is -1.10. The number of furan rings is 1. The number of nitrogens with zero attached hydrogens (tertiary/aromatic N) is 1. The van der Waals surface area contributed by atoms with Gasteiger partial charge < -0.3 is 14.6 Å². The van der Waals surface area contributed by atoms with E-state index in [-0.39, 0.29) is 12.1 Å². The molecular formula is C16H24N2O2S. The molecule has 4 nitrogen and oxygen atoms in total. The number of carbonyl (C=O) groups is 1. The highest BCUT2D eigenvalue weighted by Crippen LogP contribution is 2.34. The zero-order chi connectivity index (χ0) is 14.7. The van der Waals surface area contributed by atoms with Crippen LogP contribution in [0.5, 0.6) is 0 Å². The van der Waals surface area contributed by atoms with Crippen LogP contribution in [0.15, 0.2) is 22.8 Å². The zero-order valence-electron chi connectivity index (χ0n) is 12.6. The van der Waals surface area contributed by atoms with Gasteiger partial charge in [0.25, 0.3) is 0 Å². The molecule has 2 amide bonds. The molecule has 3 rings (SSSR count). The summed E-state index contributed by atoms with van der Waals surface area (Å²) in [6.07, 6.45) is 6.34. The predicted octanol–water partition coefficient (Wildman–Crippen LogP) is 3.66. The van der Waals surface area contributed by atoms with Crippen molar-refractivity contribution in [2.45, 2.75) is 44.7 Å². The van der Waals surface area contributed by atoms with E-state index in [4.69, 9.17) is 4.42 Å². The molecule has 0 spiro atoms. The molecule has 1 aromatic heterocycles. The molecule has 0 bridgehead atoms. The number of amides is 2. The Kier molecular flexibility index (Phi) is 4.78. The molecule has 5 heteroatoms. The first kappa shape index (κ1) is 14.8. The largest absolute Gasteiger partial charge is 0.467 e. The van der Waals surface area contributed by atoms with Crippen LogP contribution in [0, 0.1) is 5.92 Å². The van der Waals surface area contributed by atoms with Gasteiger partial charge >= 0.3 is 6.03 Å². The molecule has 1 aliphatic carbocycles. The molecule has 1 saturated heterocycles. The lowest BCUT2D eigenvalue weighted by molar-refractivity contribution is 0.164. The van der Waals surface area contributed by atoms with Crippen LogP contribution in [0.2, 0.25) is 0 Å². The summed E-state index contributed by atoms with van der Waals surface area (Å²) in [4.78, 5) is 14.5. The average Bonchev–Trinajstić information content (AvgIpc) is 3.18. The number of rotatable bonds is 5. The van der Waals surface area contributed by atoms with Crippen molar-refractivity contribution >= 4 is 17.8 Å². The SMILES string of the molecule is CC(c1ccco1)N(C(=O)NCC1CCSCC1)C1CC1. The fraction of sp³-hybridized carbons (Fsp3) is 0.688. The van der Waals surface area contributed by atoms with Crippen LogP contribution >= 0.6 is 11.8 Å². The summed E-state index contributed by atoms with van der Waals surface area (Å²) in [7, 11) is 0. The van der Waals surface area contributed by atoms with Gasteiger partial charge in [-0.3, -0.25) is 0 Å². The molecule has 1 atom stereocenters. The van der Waals surface area contributed by atoms with Crippen molar-refractivity contribution in [2.75, 3.05) is 18.1 Å². The minimum atomic E-state index is 0.00871. The Morgan fingerprint density at radius 1 is 1.43 bits per heavy atom. The van der Waals surface area contributed by atoms with Crippen LogP contribution in [0.25, 0.3) is 0 Å². The van der Waals surface area contributed by atoms with Crippen molar-refractivity contribution in [2.24, 2.45) is 5.92 Å². The van der Waals surface area contributed by atoms with Crippen molar-refractivity contribution in [3.8, 4) is 0 Å². The second-order valence-electron chi connectivity index (χ2n) is 6.07. The van der Waals surface area contributed by atoms with Gasteiger partial charge in [-0.15, -0.1) is 0 Å². The third-order valence-corrected chi connectivity index (χ3v) is 5.48. The fourth-order valence-electron chi connectivity index (χ4n) is 2.95. The van der Waals surface area contributed by atoms with Crippen molar-refractivity contribution in [1.29, 1.82) is 0 Å². The van der Waals surface area contributed by atoms with E-state index in [1.165, 1.54) is 24.3 Å². The third kappa shape index (κ3) is 3.76. The topological polar surface area (TPSA) is 45.5 Å². The summed E-state index contributed by atoms with van der Waals surface area (Å²) >= 11 is 2.02. The molecule has 1 saturated carbocycles. The van der Waals surface area contributed by atoms with Crippen LogP contribution in [0.4, 0.5) is 4.79 Å². The first-order valence-electron chi connectivity index (χ1n) is 7.93. The molecule has 1 N–H and O–H groups in total.